The molecule has 0 aliphatic carbocycles. The van der Waals surface area contributed by atoms with Gasteiger partial charge in [0.05, 0.1) is 19.3 Å². The van der Waals surface area contributed by atoms with E-state index in [0.717, 1.165) is 38.1 Å². The fraction of sp³-hybridized carbons (Fsp3) is 0.632. The van der Waals surface area contributed by atoms with Crippen LogP contribution in [-0.2, 0) is 19.6 Å². The molecule has 0 saturated carbocycles. The number of carbonyl (C=O) groups excluding carboxylic acids is 1. The third-order valence-electron chi connectivity index (χ3n) is 5.88. The molecular formula is C19H25FN2O5S. The molecule has 3 aliphatic rings. The van der Waals surface area contributed by atoms with Gasteiger partial charge >= 0.3 is 0 Å². The summed E-state index contributed by atoms with van der Waals surface area (Å²) in [6.45, 7) is 2.56. The van der Waals surface area contributed by atoms with Crippen LogP contribution >= 0.6 is 0 Å². The van der Waals surface area contributed by atoms with Crippen molar-refractivity contribution in [3.8, 4) is 5.75 Å². The summed E-state index contributed by atoms with van der Waals surface area (Å²) in [7, 11) is -2.52. The van der Waals surface area contributed by atoms with Crippen LogP contribution in [-0.4, -0.2) is 69.0 Å². The van der Waals surface area contributed by atoms with Crippen molar-refractivity contribution >= 4 is 15.9 Å². The Labute approximate surface area is 164 Å². The van der Waals surface area contributed by atoms with Crippen LogP contribution in [0.1, 0.15) is 25.7 Å². The fourth-order valence-corrected chi connectivity index (χ4v) is 6.15. The van der Waals surface area contributed by atoms with Gasteiger partial charge in [-0.2, -0.15) is 4.31 Å². The average Bonchev–Trinajstić information content (AvgIpc) is 3.30. The highest BCUT2D eigenvalue weighted by atomic mass is 32.2. The number of amides is 1. The molecular weight excluding hydrogens is 387 g/mol. The molecule has 3 heterocycles. The van der Waals surface area contributed by atoms with Crippen molar-refractivity contribution in [2.75, 3.05) is 39.9 Å². The van der Waals surface area contributed by atoms with E-state index >= 15 is 0 Å². The maximum Gasteiger partial charge on any atom is 0.247 e. The number of nitrogens with zero attached hydrogens (tertiary/aromatic N) is 2. The molecule has 1 amide bonds. The summed E-state index contributed by atoms with van der Waals surface area (Å²) in [5.41, 5.74) is -0.538. The molecule has 1 atom stereocenters. The van der Waals surface area contributed by atoms with Crippen LogP contribution < -0.4 is 4.74 Å². The van der Waals surface area contributed by atoms with E-state index in [1.54, 1.807) is 0 Å². The van der Waals surface area contributed by atoms with E-state index < -0.39 is 21.4 Å². The standard InChI is InChI=1S/C19H25FN2O5S/c1-26-16-5-4-15(20)9-17(16)28(24,25)22-12-19(13-22)10-14(11-27-19)8-18(23)21-6-2-3-7-21/h4-5,9,14H,2-3,6-8,10-13H2,1H3. The third-order valence-corrected chi connectivity index (χ3v) is 7.69. The summed E-state index contributed by atoms with van der Waals surface area (Å²) in [6.07, 6.45) is 3.24. The highest BCUT2D eigenvalue weighted by Crippen LogP contribution is 2.42. The number of methoxy groups -OCH3 is 1. The minimum Gasteiger partial charge on any atom is -0.495 e. The molecule has 1 aromatic rings. The summed E-state index contributed by atoms with van der Waals surface area (Å²) in [5.74, 6) is -0.242. The van der Waals surface area contributed by atoms with E-state index in [9.17, 15) is 17.6 Å². The van der Waals surface area contributed by atoms with E-state index in [0.29, 0.717) is 19.4 Å². The topological polar surface area (TPSA) is 76.2 Å². The van der Waals surface area contributed by atoms with Crippen molar-refractivity contribution in [1.82, 2.24) is 9.21 Å². The minimum atomic E-state index is -3.87. The van der Waals surface area contributed by atoms with Crippen molar-refractivity contribution in [3.63, 3.8) is 0 Å². The third kappa shape index (κ3) is 3.51. The van der Waals surface area contributed by atoms with E-state index in [1.807, 2.05) is 4.90 Å². The molecule has 7 nitrogen and oxygen atoms in total. The maximum absolute atomic E-state index is 13.6. The van der Waals surface area contributed by atoms with Crippen molar-refractivity contribution in [2.45, 2.75) is 36.2 Å². The Hall–Kier alpha value is -1.71. The van der Waals surface area contributed by atoms with Crippen LogP contribution in [0.25, 0.3) is 0 Å². The van der Waals surface area contributed by atoms with Crippen molar-refractivity contribution < 1.29 is 27.1 Å². The molecule has 0 N–H and O–H groups in total. The number of likely N-dealkylation sites (tertiary alicyclic amines) is 1. The zero-order chi connectivity index (χ0) is 19.9. The summed E-state index contributed by atoms with van der Waals surface area (Å²) >= 11 is 0. The number of halogens is 1. The smallest absolute Gasteiger partial charge is 0.247 e. The SMILES string of the molecule is COc1ccc(F)cc1S(=O)(=O)N1CC2(CC(CC(=O)N3CCCC3)CO2)C1. The molecule has 1 unspecified atom stereocenters. The molecule has 3 fully saturated rings. The predicted octanol–water partition coefficient (Wildman–Crippen LogP) is 1.63. The Bertz CT molecular complexity index is 863. The Morgan fingerprint density at radius 1 is 1.32 bits per heavy atom. The van der Waals surface area contributed by atoms with Crippen LogP contribution in [0.5, 0.6) is 5.75 Å². The highest BCUT2D eigenvalue weighted by molar-refractivity contribution is 7.89. The number of carbonyl (C=O) groups is 1. The first-order chi connectivity index (χ1) is 13.3. The first-order valence-electron chi connectivity index (χ1n) is 9.58. The first kappa shape index (κ1) is 19.6. The second kappa shape index (κ2) is 7.27. The highest BCUT2D eigenvalue weighted by Gasteiger charge is 2.54. The van der Waals surface area contributed by atoms with Crippen LogP contribution in [0.2, 0.25) is 0 Å². The molecule has 1 aromatic carbocycles. The second-order valence-electron chi connectivity index (χ2n) is 7.92. The minimum absolute atomic E-state index is 0.113. The van der Waals surface area contributed by atoms with Gasteiger partial charge in [-0.1, -0.05) is 0 Å². The number of rotatable bonds is 5. The predicted molar refractivity (Wildman–Crippen MR) is 98.9 cm³/mol. The van der Waals surface area contributed by atoms with Crippen molar-refractivity contribution in [1.29, 1.82) is 0 Å². The quantitative estimate of drug-likeness (QED) is 0.735. The van der Waals surface area contributed by atoms with Gasteiger partial charge in [0.1, 0.15) is 16.5 Å². The van der Waals surface area contributed by atoms with Gasteiger partial charge in [-0.15, -0.1) is 0 Å². The summed E-state index contributed by atoms with van der Waals surface area (Å²) < 4.78 is 51.6. The van der Waals surface area contributed by atoms with Crippen molar-refractivity contribution in [2.24, 2.45) is 5.92 Å². The van der Waals surface area contributed by atoms with Gasteiger partial charge in [-0.25, -0.2) is 12.8 Å². The van der Waals surface area contributed by atoms with Gasteiger partial charge in [0.2, 0.25) is 15.9 Å². The molecule has 3 aliphatic heterocycles. The lowest BCUT2D eigenvalue weighted by Gasteiger charge is -2.46. The number of ether oxygens (including phenoxy) is 2. The first-order valence-corrected chi connectivity index (χ1v) is 11.0. The van der Waals surface area contributed by atoms with E-state index in [2.05, 4.69) is 0 Å². The van der Waals surface area contributed by atoms with E-state index in [4.69, 9.17) is 9.47 Å². The van der Waals surface area contributed by atoms with Crippen LogP contribution in [0.4, 0.5) is 4.39 Å². The second-order valence-corrected chi connectivity index (χ2v) is 9.83. The number of hydrogen-bond acceptors (Lipinski definition) is 5. The average molecular weight is 412 g/mol. The van der Waals surface area contributed by atoms with E-state index in [1.165, 1.54) is 17.5 Å². The zero-order valence-corrected chi connectivity index (χ0v) is 16.7. The Balaban J connectivity index is 1.39. The normalized spacial score (nSPS) is 24.5. The summed E-state index contributed by atoms with van der Waals surface area (Å²) in [6, 6.07) is 3.45. The summed E-state index contributed by atoms with van der Waals surface area (Å²) in [4.78, 5) is 14.1. The van der Waals surface area contributed by atoms with Gasteiger partial charge in [0.25, 0.3) is 0 Å². The van der Waals surface area contributed by atoms with Gasteiger partial charge < -0.3 is 14.4 Å². The largest absolute Gasteiger partial charge is 0.495 e. The van der Waals surface area contributed by atoms with Gasteiger partial charge in [-0.3, -0.25) is 4.79 Å². The molecule has 4 rings (SSSR count). The lowest BCUT2D eigenvalue weighted by atomic mass is 9.87. The molecule has 0 bridgehead atoms. The van der Waals surface area contributed by atoms with Gasteiger partial charge in [0, 0.05) is 32.6 Å². The monoisotopic (exact) mass is 412 g/mol. The zero-order valence-electron chi connectivity index (χ0n) is 15.9. The molecule has 28 heavy (non-hydrogen) atoms. The van der Waals surface area contributed by atoms with Crippen LogP contribution in [0, 0.1) is 11.7 Å². The molecule has 0 aromatic heterocycles. The number of sulfonamides is 1. The van der Waals surface area contributed by atoms with Crippen LogP contribution in [0.15, 0.2) is 23.1 Å². The molecule has 9 heteroatoms. The molecule has 3 saturated heterocycles. The summed E-state index contributed by atoms with van der Waals surface area (Å²) in [5, 5.41) is 0. The number of hydrogen-bond donors (Lipinski definition) is 0. The lowest BCUT2D eigenvalue weighted by Crippen LogP contribution is -2.63. The van der Waals surface area contributed by atoms with Crippen molar-refractivity contribution in [3.05, 3.63) is 24.0 Å². The molecule has 154 valence electrons. The Morgan fingerprint density at radius 2 is 2.04 bits per heavy atom. The molecule has 0 radical (unpaired) electrons. The lowest BCUT2D eigenvalue weighted by molar-refractivity contribution is -0.131. The maximum atomic E-state index is 13.6. The fourth-order valence-electron chi connectivity index (χ4n) is 4.39. The number of benzene rings is 1. The van der Waals surface area contributed by atoms with Gasteiger partial charge in [-0.05, 0) is 43.4 Å². The molecule has 1 spiro atoms. The van der Waals surface area contributed by atoms with Crippen LogP contribution in [0.3, 0.4) is 0 Å². The Morgan fingerprint density at radius 3 is 2.71 bits per heavy atom. The van der Waals surface area contributed by atoms with Gasteiger partial charge in [0.15, 0.2) is 0 Å². The van der Waals surface area contributed by atoms with E-state index in [-0.39, 0.29) is 35.6 Å². The Kier molecular flexibility index (Phi) is 5.09.